The zero-order chi connectivity index (χ0) is 12.6. The molecule has 0 unspecified atom stereocenters. The van der Waals surface area contributed by atoms with Crippen LogP contribution in [0, 0.1) is 6.92 Å². The number of benzene rings is 1. The van der Waals surface area contributed by atoms with Gasteiger partial charge in [-0.1, -0.05) is 22.0 Å². The number of aromatic nitrogens is 3. The largest absolute Gasteiger partial charge is 0.308 e. The van der Waals surface area contributed by atoms with Crippen LogP contribution in [0.15, 0.2) is 29.0 Å². The lowest BCUT2D eigenvalue weighted by Crippen LogP contribution is -2.22. The van der Waals surface area contributed by atoms with Crippen LogP contribution in [0.5, 0.6) is 0 Å². The molecule has 3 nitrogen and oxygen atoms in total. The third-order valence-electron chi connectivity index (χ3n) is 2.71. The van der Waals surface area contributed by atoms with Gasteiger partial charge in [0.2, 0.25) is 0 Å². The number of aryl methyl sites for hydroxylation is 1. The van der Waals surface area contributed by atoms with Gasteiger partial charge in [-0.15, -0.1) is 10.2 Å². The maximum Gasteiger partial charge on any atom is 0.164 e. The van der Waals surface area contributed by atoms with Gasteiger partial charge in [-0.3, -0.25) is 0 Å². The molecule has 1 heterocycles. The molecule has 0 saturated heterocycles. The van der Waals surface area contributed by atoms with Crippen LogP contribution in [0.4, 0.5) is 0 Å². The standard InChI is InChI=1S/C13H16BrN3/c1-9-5-6-10(14)7-11(9)12-16-15-8-17(12)13(2,3)4/h5-8H,1-4H3. The van der Waals surface area contributed by atoms with Crippen LogP contribution in [0.25, 0.3) is 11.4 Å². The van der Waals surface area contributed by atoms with Crippen molar-refractivity contribution in [1.29, 1.82) is 0 Å². The van der Waals surface area contributed by atoms with Gasteiger partial charge in [-0.2, -0.15) is 0 Å². The Kier molecular flexibility index (Phi) is 3.08. The number of hydrogen-bond donors (Lipinski definition) is 0. The van der Waals surface area contributed by atoms with Crippen LogP contribution < -0.4 is 0 Å². The van der Waals surface area contributed by atoms with E-state index in [1.54, 1.807) is 6.33 Å². The van der Waals surface area contributed by atoms with E-state index in [1.165, 1.54) is 5.56 Å². The average molecular weight is 294 g/mol. The number of halogens is 1. The molecule has 0 spiro atoms. The summed E-state index contributed by atoms with van der Waals surface area (Å²) in [5, 5.41) is 8.28. The van der Waals surface area contributed by atoms with E-state index < -0.39 is 0 Å². The van der Waals surface area contributed by atoms with Crippen LogP contribution in [-0.2, 0) is 5.54 Å². The molecule has 0 bridgehead atoms. The van der Waals surface area contributed by atoms with Gasteiger partial charge >= 0.3 is 0 Å². The van der Waals surface area contributed by atoms with Crippen LogP contribution in [0.3, 0.4) is 0 Å². The number of rotatable bonds is 1. The summed E-state index contributed by atoms with van der Waals surface area (Å²) in [5.74, 6) is 0.913. The lowest BCUT2D eigenvalue weighted by molar-refractivity contribution is 0.399. The fourth-order valence-corrected chi connectivity index (χ4v) is 2.11. The first kappa shape index (κ1) is 12.3. The van der Waals surface area contributed by atoms with E-state index in [4.69, 9.17) is 0 Å². The minimum atomic E-state index is -0.0202. The van der Waals surface area contributed by atoms with E-state index >= 15 is 0 Å². The molecule has 0 N–H and O–H groups in total. The highest BCUT2D eigenvalue weighted by Gasteiger charge is 2.19. The minimum absolute atomic E-state index is 0.0202. The summed E-state index contributed by atoms with van der Waals surface area (Å²) in [7, 11) is 0. The maximum absolute atomic E-state index is 4.25. The molecule has 1 aromatic carbocycles. The molecule has 0 fully saturated rings. The molecular formula is C13H16BrN3. The van der Waals surface area contributed by atoms with Gasteiger partial charge in [-0.05, 0) is 45.4 Å². The Bertz CT molecular complexity index is 538. The van der Waals surface area contributed by atoms with Crippen molar-refractivity contribution in [3.8, 4) is 11.4 Å². The molecular weight excluding hydrogens is 278 g/mol. The third-order valence-corrected chi connectivity index (χ3v) is 3.20. The lowest BCUT2D eigenvalue weighted by atomic mass is 10.1. The van der Waals surface area contributed by atoms with Gasteiger partial charge in [0, 0.05) is 15.6 Å². The molecule has 2 aromatic rings. The highest BCUT2D eigenvalue weighted by Crippen LogP contribution is 2.28. The van der Waals surface area contributed by atoms with Crippen molar-refractivity contribution >= 4 is 15.9 Å². The van der Waals surface area contributed by atoms with Crippen molar-refractivity contribution in [2.24, 2.45) is 0 Å². The van der Waals surface area contributed by atoms with Gasteiger partial charge < -0.3 is 4.57 Å². The summed E-state index contributed by atoms with van der Waals surface area (Å²) in [5.41, 5.74) is 2.30. The fraction of sp³-hybridized carbons (Fsp3) is 0.385. The van der Waals surface area contributed by atoms with Gasteiger partial charge in [0.1, 0.15) is 6.33 Å². The maximum atomic E-state index is 4.25. The van der Waals surface area contributed by atoms with Crippen LogP contribution in [-0.4, -0.2) is 14.8 Å². The Morgan fingerprint density at radius 3 is 2.59 bits per heavy atom. The Balaban J connectivity index is 2.61. The zero-order valence-corrected chi connectivity index (χ0v) is 12.1. The van der Waals surface area contributed by atoms with E-state index in [0.29, 0.717) is 0 Å². The molecule has 0 amide bonds. The SMILES string of the molecule is Cc1ccc(Br)cc1-c1nncn1C(C)(C)C. The Labute approximate surface area is 110 Å². The first-order valence-corrected chi connectivity index (χ1v) is 6.36. The van der Waals surface area contributed by atoms with Crippen molar-refractivity contribution in [3.63, 3.8) is 0 Å². The van der Waals surface area contributed by atoms with Crippen molar-refractivity contribution in [2.45, 2.75) is 33.2 Å². The molecule has 0 saturated carbocycles. The van der Waals surface area contributed by atoms with Crippen molar-refractivity contribution in [1.82, 2.24) is 14.8 Å². The summed E-state index contributed by atoms with van der Waals surface area (Å²) < 4.78 is 3.16. The van der Waals surface area contributed by atoms with E-state index in [-0.39, 0.29) is 5.54 Å². The monoisotopic (exact) mass is 293 g/mol. The molecule has 90 valence electrons. The van der Waals surface area contributed by atoms with Crippen LogP contribution in [0.1, 0.15) is 26.3 Å². The lowest BCUT2D eigenvalue weighted by Gasteiger charge is -2.22. The molecule has 0 aliphatic heterocycles. The first-order valence-electron chi connectivity index (χ1n) is 5.56. The molecule has 17 heavy (non-hydrogen) atoms. The second kappa shape index (κ2) is 4.26. The average Bonchev–Trinajstić information content (AvgIpc) is 2.69. The zero-order valence-electron chi connectivity index (χ0n) is 10.5. The Hall–Kier alpha value is -1.16. The van der Waals surface area contributed by atoms with Crippen LogP contribution in [0.2, 0.25) is 0 Å². The molecule has 1 aromatic heterocycles. The van der Waals surface area contributed by atoms with Crippen molar-refractivity contribution in [3.05, 3.63) is 34.6 Å². The van der Waals surface area contributed by atoms with Gasteiger partial charge in [-0.25, -0.2) is 0 Å². The molecule has 0 aliphatic carbocycles. The summed E-state index contributed by atoms with van der Waals surface area (Å²) in [6.07, 6.45) is 1.79. The third kappa shape index (κ3) is 2.41. The van der Waals surface area contributed by atoms with Crippen LogP contribution >= 0.6 is 15.9 Å². The summed E-state index contributed by atoms with van der Waals surface area (Å²) in [4.78, 5) is 0. The number of nitrogens with zero attached hydrogens (tertiary/aromatic N) is 3. The molecule has 0 atom stereocenters. The molecule has 0 radical (unpaired) electrons. The van der Waals surface area contributed by atoms with Crippen molar-refractivity contribution in [2.75, 3.05) is 0 Å². The predicted molar refractivity (Wildman–Crippen MR) is 72.9 cm³/mol. The summed E-state index contributed by atoms with van der Waals surface area (Å²) in [6.45, 7) is 8.52. The van der Waals surface area contributed by atoms with E-state index in [0.717, 1.165) is 15.9 Å². The molecule has 2 rings (SSSR count). The topological polar surface area (TPSA) is 30.7 Å². The Morgan fingerprint density at radius 1 is 1.24 bits per heavy atom. The number of hydrogen-bond acceptors (Lipinski definition) is 2. The quantitative estimate of drug-likeness (QED) is 0.801. The summed E-state index contributed by atoms with van der Waals surface area (Å²) in [6, 6.07) is 6.21. The molecule has 4 heteroatoms. The fourth-order valence-electron chi connectivity index (χ4n) is 1.74. The second-order valence-corrected chi connectivity index (χ2v) is 6.07. The first-order chi connectivity index (χ1) is 7.89. The van der Waals surface area contributed by atoms with Gasteiger partial charge in [0.05, 0.1) is 0 Å². The highest BCUT2D eigenvalue weighted by atomic mass is 79.9. The summed E-state index contributed by atoms with van der Waals surface area (Å²) >= 11 is 3.50. The van der Waals surface area contributed by atoms with E-state index in [9.17, 15) is 0 Å². The smallest absolute Gasteiger partial charge is 0.164 e. The van der Waals surface area contributed by atoms with Gasteiger partial charge in [0.25, 0.3) is 0 Å². The predicted octanol–water partition coefficient (Wildman–Crippen LogP) is 3.77. The Morgan fingerprint density at radius 2 is 1.94 bits per heavy atom. The second-order valence-electron chi connectivity index (χ2n) is 5.15. The van der Waals surface area contributed by atoms with E-state index in [2.05, 4.69) is 70.5 Å². The highest BCUT2D eigenvalue weighted by molar-refractivity contribution is 9.10. The molecule has 0 aliphatic rings. The van der Waals surface area contributed by atoms with Gasteiger partial charge in [0.15, 0.2) is 5.82 Å². The normalized spacial score (nSPS) is 11.8. The van der Waals surface area contributed by atoms with Crippen molar-refractivity contribution < 1.29 is 0 Å². The van der Waals surface area contributed by atoms with E-state index in [1.807, 2.05) is 6.07 Å². The minimum Gasteiger partial charge on any atom is -0.308 e.